The second-order valence-electron chi connectivity index (χ2n) is 6.73. The zero-order valence-corrected chi connectivity index (χ0v) is 16.6. The van der Waals surface area contributed by atoms with Gasteiger partial charge in [0.05, 0.1) is 5.69 Å². The summed E-state index contributed by atoms with van der Waals surface area (Å²) in [6, 6.07) is 10.6. The van der Waals surface area contributed by atoms with E-state index in [1.165, 1.54) is 22.5 Å². The molecule has 4 N–H and O–H groups in total. The predicted molar refractivity (Wildman–Crippen MR) is 113 cm³/mol. The smallest absolute Gasteiger partial charge is 0.127 e. The van der Waals surface area contributed by atoms with Gasteiger partial charge in [-0.3, -0.25) is 4.99 Å². The Balaban J connectivity index is 2.66. The molecule has 1 heterocycles. The molecule has 0 saturated heterocycles. The van der Waals surface area contributed by atoms with Crippen molar-refractivity contribution in [2.45, 2.75) is 58.9 Å². The Morgan fingerprint density at radius 2 is 1.81 bits per heavy atom. The Morgan fingerprint density at radius 3 is 2.38 bits per heavy atom. The summed E-state index contributed by atoms with van der Waals surface area (Å²) in [7, 11) is 1.78. The molecule has 2 aromatic rings. The SMILES string of the molecule is CCCc1c(CC)c(C(N)=NC)c(-c2ccccc2)n1CCCCCN. The van der Waals surface area contributed by atoms with Gasteiger partial charge in [-0.1, -0.05) is 57.0 Å². The normalized spacial score (nSPS) is 11.9. The van der Waals surface area contributed by atoms with E-state index in [1.807, 2.05) is 0 Å². The molecule has 2 rings (SSSR count). The number of nitrogens with two attached hydrogens (primary N) is 2. The number of hydrogen-bond donors (Lipinski definition) is 2. The quantitative estimate of drug-likeness (QED) is 0.382. The maximum atomic E-state index is 6.38. The third-order valence-electron chi connectivity index (χ3n) is 4.95. The fraction of sp³-hybridized carbons (Fsp3) is 0.500. The maximum absolute atomic E-state index is 6.38. The number of aromatic nitrogens is 1. The van der Waals surface area contributed by atoms with E-state index in [1.54, 1.807) is 7.05 Å². The largest absolute Gasteiger partial charge is 0.383 e. The fourth-order valence-electron chi connectivity index (χ4n) is 3.75. The van der Waals surface area contributed by atoms with Crippen molar-refractivity contribution in [2.75, 3.05) is 13.6 Å². The van der Waals surface area contributed by atoms with Crippen molar-refractivity contribution in [1.82, 2.24) is 4.57 Å². The second kappa shape index (κ2) is 10.2. The highest BCUT2D eigenvalue weighted by molar-refractivity contribution is 6.04. The molecule has 4 heteroatoms. The second-order valence-corrected chi connectivity index (χ2v) is 6.73. The molecule has 4 nitrogen and oxygen atoms in total. The van der Waals surface area contributed by atoms with Crippen molar-refractivity contribution in [3.8, 4) is 11.3 Å². The third kappa shape index (κ3) is 4.36. The molecule has 0 bridgehead atoms. The van der Waals surface area contributed by atoms with Crippen LogP contribution in [0.1, 0.15) is 56.4 Å². The molecule has 0 amide bonds. The van der Waals surface area contributed by atoms with E-state index < -0.39 is 0 Å². The van der Waals surface area contributed by atoms with Gasteiger partial charge in [-0.05, 0) is 43.4 Å². The van der Waals surface area contributed by atoms with Crippen molar-refractivity contribution in [3.63, 3.8) is 0 Å². The molecule has 0 aliphatic carbocycles. The average Bonchev–Trinajstić information content (AvgIpc) is 2.99. The van der Waals surface area contributed by atoms with Gasteiger partial charge in [0.15, 0.2) is 0 Å². The summed E-state index contributed by atoms with van der Waals surface area (Å²) >= 11 is 0. The van der Waals surface area contributed by atoms with E-state index in [2.05, 4.69) is 53.7 Å². The van der Waals surface area contributed by atoms with Gasteiger partial charge in [0.2, 0.25) is 0 Å². The number of nitrogens with zero attached hydrogens (tertiary/aromatic N) is 2. The zero-order chi connectivity index (χ0) is 18.9. The first-order valence-corrected chi connectivity index (χ1v) is 9.91. The summed E-state index contributed by atoms with van der Waals surface area (Å²) in [4.78, 5) is 4.34. The molecule has 0 aliphatic rings. The maximum Gasteiger partial charge on any atom is 0.127 e. The van der Waals surface area contributed by atoms with Crippen molar-refractivity contribution in [1.29, 1.82) is 0 Å². The van der Waals surface area contributed by atoms with Crippen molar-refractivity contribution in [2.24, 2.45) is 16.5 Å². The molecule has 26 heavy (non-hydrogen) atoms. The van der Waals surface area contributed by atoms with Crippen LogP contribution in [0.3, 0.4) is 0 Å². The van der Waals surface area contributed by atoms with Crippen molar-refractivity contribution < 1.29 is 0 Å². The lowest BCUT2D eigenvalue weighted by molar-refractivity contribution is 0.576. The number of hydrogen-bond acceptors (Lipinski definition) is 2. The summed E-state index contributed by atoms with van der Waals surface area (Å²) in [6.45, 7) is 6.22. The Bertz CT molecular complexity index is 713. The van der Waals surface area contributed by atoms with E-state index in [9.17, 15) is 0 Å². The van der Waals surface area contributed by atoms with E-state index in [0.29, 0.717) is 5.84 Å². The van der Waals surface area contributed by atoms with Crippen LogP contribution in [0, 0.1) is 0 Å². The highest BCUT2D eigenvalue weighted by Gasteiger charge is 2.24. The number of benzene rings is 1. The summed E-state index contributed by atoms with van der Waals surface area (Å²) < 4.78 is 2.50. The molecule has 0 saturated carbocycles. The van der Waals surface area contributed by atoms with Crippen LogP contribution in [0.4, 0.5) is 0 Å². The predicted octanol–water partition coefficient (Wildman–Crippen LogP) is 4.13. The molecule has 0 spiro atoms. The number of amidine groups is 1. The Labute approximate surface area is 158 Å². The first-order chi connectivity index (χ1) is 12.7. The van der Waals surface area contributed by atoms with Crippen LogP contribution in [0.25, 0.3) is 11.3 Å². The lowest BCUT2D eigenvalue weighted by Gasteiger charge is -2.15. The first kappa shape index (κ1) is 20.2. The lowest BCUT2D eigenvalue weighted by Crippen LogP contribution is -2.16. The van der Waals surface area contributed by atoms with Gasteiger partial charge in [-0.2, -0.15) is 0 Å². The average molecular weight is 355 g/mol. The minimum atomic E-state index is 0.638. The van der Waals surface area contributed by atoms with Gasteiger partial charge in [0.1, 0.15) is 5.84 Å². The van der Waals surface area contributed by atoms with Crippen molar-refractivity contribution >= 4 is 5.84 Å². The van der Waals surface area contributed by atoms with Crippen LogP contribution in [0.15, 0.2) is 35.3 Å². The molecule has 0 radical (unpaired) electrons. The monoisotopic (exact) mass is 354 g/mol. The Hall–Kier alpha value is -2.07. The summed E-state index contributed by atoms with van der Waals surface area (Å²) in [5.41, 5.74) is 18.4. The Kier molecular flexibility index (Phi) is 7.92. The summed E-state index contributed by atoms with van der Waals surface area (Å²) in [5, 5.41) is 0. The summed E-state index contributed by atoms with van der Waals surface area (Å²) in [6.07, 6.45) is 6.53. The van der Waals surface area contributed by atoms with Crippen LogP contribution in [-0.2, 0) is 19.4 Å². The van der Waals surface area contributed by atoms with Crippen LogP contribution in [-0.4, -0.2) is 24.0 Å². The standard InChI is InChI=1S/C22H34N4/c1-4-12-19-18(5-2)20(22(24)25-3)21(17-13-8-6-9-14-17)26(19)16-11-7-10-15-23/h6,8-9,13-14H,4-5,7,10-12,15-16,23H2,1-3H3,(H2,24,25). The summed E-state index contributed by atoms with van der Waals surface area (Å²) in [5.74, 6) is 0.638. The van der Waals surface area contributed by atoms with Gasteiger partial charge in [-0.15, -0.1) is 0 Å². The van der Waals surface area contributed by atoms with Gasteiger partial charge in [-0.25, -0.2) is 0 Å². The van der Waals surface area contributed by atoms with Gasteiger partial charge in [0, 0.05) is 24.8 Å². The van der Waals surface area contributed by atoms with Crippen molar-refractivity contribution in [3.05, 3.63) is 47.2 Å². The molecule has 1 aromatic heterocycles. The van der Waals surface area contributed by atoms with E-state index >= 15 is 0 Å². The lowest BCUT2D eigenvalue weighted by atomic mass is 10.00. The van der Waals surface area contributed by atoms with Crippen LogP contribution in [0.5, 0.6) is 0 Å². The van der Waals surface area contributed by atoms with Gasteiger partial charge < -0.3 is 16.0 Å². The van der Waals surface area contributed by atoms with Gasteiger partial charge in [0.25, 0.3) is 0 Å². The zero-order valence-electron chi connectivity index (χ0n) is 16.6. The van der Waals surface area contributed by atoms with Crippen LogP contribution in [0.2, 0.25) is 0 Å². The topological polar surface area (TPSA) is 69.3 Å². The third-order valence-corrected chi connectivity index (χ3v) is 4.95. The minimum absolute atomic E-state index is 0.638. The molecule has 1 aromatic carbocycles. The highest BCUT2D eigenvalue weighted by atomic mass is 15.0. The minimum Gasteiger partial charge on any atom is -0.383 e. The van der Waals surface area contributed by atoms with Gasteiger partial charge >= 0.3 is 0 Å². The van der Waals surface area contributed by atoms with E-state index in [4.69, 9.17) is 11.5 Å². The number of rotatable bonds is 10. The molecule has 0 fully saturated rings. The molecule has 142 valence electrons. The number of unbranched alkanes of at least 4 members (excludes halogenated alkanes) is 2. The van der Waals surface area contributed by atoms with Crippen LogP contribution < -0.4 is 11.5 Å². The Morgan fingerprint density at radius 1 is 1.08 bits per heavy atom. The molecule has 0 aliphatic heterocycles. The molecule has 0 unspecified atom stereocenters. The fourth-order valence-corrected chi connectivity index (χ4v) is 3.75. The molecule has 0 atom stereocenters. The first-order valence-electron chi connectivity index (χ1n) is 9.91. The number of aliphatic imine (C=N–C) groups is 1. The van der Waals surface area contributed by atoms with Crippen LogP contribution >= 0.6 is 0 Å². The molecular formula is C22H34N4. The van der Waals surface area contributed by atoms with E-state index in [-0.39, 0.29) is 0 Å². The molecular weight excluding hydrogens is 320 g/mol. The van der Waals surface area contributed by atoms with E-state index in [0.717, 1.165) is 57.2 Å². The highest BCUT2D eigenvalue weighted by Crippen LogP contribution is 2.33.